The Morgan fingerprint density at radius 3 is 2.58 bits per heavy atom. The highest BCUT2D eigenvalue weighted by molar-refractivity contribution is 5.10. The molecule has 0 radical (unpaired) electrons. The molecule has 1 atom stereocenters. The van der Waals surface area contributed by atoms with E-state index in [1.54, 1.807) is 36.5 Å². The Labute approximate surface area is 73.0 Å². The molecule has 0 heterocycles. The molecule has 0 amide bonds. The van der Waals surface area contributed by atoms with Crippen LogP contribution in [0, 0.1) is 0 Å². The molecule has 0 saturated heterocycles. The Balaban J connectivity index is 3.96. The lowest BCUT2D eigenvalue weighted by Crippen LogP contribution is -2.10. The molecule has 0 saturated carbocycles. The van der Waals surface area contributed by atoms with E-state index >= 15 is 0 Å². The van der Waals surface area contributed by atoms with Crippen molar-refractivity contribution in [2.24, 2.45) is 5.90 Å². The lowest BCUT2D eigenvalue weighted by molar-refractivity contribution is 0.118. The molecule has 0 fully saturated rings. The van der Waals surface area contributed by atoms with Crippen molar-refractivity contribution in [1.29, 1.82) is 0 Å². The van der Waals surface area contributed by atoms with Crippen molar-refractivity contribution in [1.82, 2.24) is 0 Å². The number of allylic oxidation sites excluding steroid dienone is 3. The van der Waals surface area contributed by atoms with Crippen LogP contribution in [-0.4, -0.2) is 6.10 Å². The van der Waals surface area contributed by atoms with Gasteiger partial charge in [-0.2, -0.15) is 0 Å². The number of hydrogen-bond acceptors (Lipinski definition) is 2. The Morgan fingerprint density at radius 1 is 1.33 bits per heavy atom. The number of rotatable bonds is 5. The van der Waals surface area contributed by atoms with Crippen LogP contribution in [0.2, 0.25) is 0 Å². The summed E-state index contributed by atoms with van der Waals surface area (Å²) >= 11 is 0. The van der Waals surface area contributed by atoms with Gasteiger partial charge >= 0.3 is 0 Å². The average Bonchev–Trinajstić information content (AvgIpc) is 2.11. The van der Waals surface area contributed by atoms with Crippen LogP contribution >= 0.6 is 0 Å². The molecule has 0 aromatic carbocycles. The summed E-state index contributed by atoms with van der Waals surface area (Å²) in [5, 5.41) is 0. The van der Waals surface area contributed by atoms with Crippen LogP contribution < -0.4 is 5.90 Å². The van der Waals surface area contributed by atoms with Crippen LogP contribution in [0.4, 0.5) is 0 Å². The molecule has 0 aromatic heterocycles. The van der Waals surface area contributed by atoms with E-state index in [4.69, 9.17) is 5.90 Å². The summed E-state index contributed by atoms with van der Waals surface area (Å²) < 4.78 is 0. The van der Waals surface area contributed by atoms with Gasteiger partial charge in [0.1, 0.15) is 6.10 Å². The summed E-state index contributed by atoms with van der Waals surface area (Å²) in [5.41, 5.74) is 2.85. The molecule has 2 nitrogen and oxygen atoms in total. The van der Waals surface area contributed by atoms with E-state index in [0.717, 1.165) is 0 Å². The third-order valence-electron chi connectivity index (χ3n) is 1.10. The molecule has 2 heteroatoms. The first-order valence-electron chi connectivity index (χ1n) is 3.53. The van der Waals surface area contributed by atoms with E-state index in [2.05, 4.69) is 23.7 Å². The van der Waals surface area contributed by atoms with Gasteiger partial charge in [-0.3, -0.25) is 4.84 Å². The molecule has 0 spiro atoms. The monoisotopic (exact) mass is 163 g/mol. The second-order valence-corrected chi connectivity index (χ2v) is 1.96. The van der Waals surface area contributed by atoms with E-state index in [-0.39, 0.29) is 6.10 Å². The molecule has 0 rings (SSSR count). The molecule has 0 aromatic rings. The summed E-state index contributed by atoms with van der Waals surface area (Å²) in [6, 6.07) is 0. The number of nitrogens with two attached hydrogens (primary N) is 1. The molecule has 12 heavy (non-hydrogen) atoms. The van der Waals surface area contributed by atoms with Crippen molar-refractivity contribution in [3.05, 3.63) is 55.3 Å². The van der Waals surface area contributed by atoms with E-state index < -0.39 is 0 Å². The van der Waals surface area contributed by atoms with Crippen LogP contribution in [0.1, 0.15) is 0 Å². The zero-order chi connectivity index (χ0) is 9.23. The van der Waals surface area contributed by atoms with Crippen molar-refractivity contribution >= 4 is 0 Å². The minimum atomic E-state index is -0.244. The van der Waals surface area contributed by atoms with Crippen LogP contribution in [0.3, 0.4) is 0 Å². The second-order valence-electron chi connectivity index (χ2n) is 1.96. The number of hydrogen-bond donors (Lipinski definition) is 1. The zero-order valence-corrected chi connectivity index (χ0v) is 6.94. The SMILES string of the molecule is C=CC=C=C/C=C\C(C=C)ON. The zero-order valence-electron chi connectivity index (χ0n) is 6.94. The smallest absolute Gasteiger partial charge is 0.115 e. The van der Waals surface area contributed by atoms with Crippen LogP contribution in [0.25, 0.3) is 0 Å². The van der Waals surface area contributed by atoms with Crippen molar-refractivity contribution in [2.75, 3.05) is 0 Å². The maximum atomic E-state index is 4.94. The van der Waals surface area contributed by atoms with Crippen LogP contribution in [0.5, 0.6) is 0 Å². The van der Waals surface area contributed by atoms with E-state index in [1.165, 1.54) is 0 Å². The summed E-state index contributed by atoms with van der Waals surface area (Å²) in [5.74, 6) is 4.94. The third kappa shape index (κ3) is 5.45. The van der Waals surface area contributed by atoms with Gasteiger partial charge in [0, 0.05) is 0 Å². The third-order valence-corrected chi connectivity index (χ3v) is 1.10. The Hall–Kier alpha value is -1.34. The Bertz CT molecular complexity index is 222. The molecule has 0 aliphatic carbocycles. The second kappa shape index (κ2) is 7.76. The predicted molar refractivity (Wildman–Crippen MR) is 51.2 cm³/mol. The minimum absolute atomic E-state index is 0.244. The lowest BCUT2D eigenvalue weighted by Gasteiger charge is -1.99. The molecule has 2 N–H and O–H groups in total. The van der Waals surface area contributed by atoms with Crippen molar-refractivity contribution in [3.63, 3.8) is 0 Å². The summed E-state index contributed by atoms with van der Waals surface area (Å²) in [6.07, 6.45) is 9.98. The van der Waals surface area contributed by atoms with Crippen LogP contribution in [-0.2, 0) is 4.84 Å². The van der Waals surface area contributed by atoms with Gasteiger partial charge in [0.2, 0.25) is 0 Å². The molecule has 64 valence electrons. The maximum Gasteiger partial charge on any atom is 0.115 e. The van der Waals surface area contributed by atoms with Gasteiger partial charge in [-0.15, -0.1) is 12.3 Å². The van der Waals surface area contributed by atoms with Gasteiger partial charge in [0.25, 0.3) is 0 Å². The standard InChI is InChI=1S/C10H13NO/c1-3-5-6-7-8-9-10(4-2)12-11/h3-5,7-10H,1-2,11H2/b9-8-. The van der Waals surface area contributed by atoms with Gasteiger partial charge in [0.05, 0.1) is 0 Å². The molecule has 0 aliphatic rings. The summed E-state index contributed by atoms with van der Waals surface area (Å²) in [6.45, 7) is 7.04. The molecule has 0 bridgehead atoms. The van der Waals surface area contributed by atoms with Crippen molar-refractivity contribution < 1.29 is 4.84 Å². The van der Waals surface area contributed by atoms with Gasteiger partial charge in [-0.25, -0.2) is 5.90 Å². The predicted octanol–water partition coefficient (Wildman–Crippen LogP) is 1.88. The first-order valence-corrected chi connectivity index (χ1v) is 3.53. The Kier molecular flexibility index (Phi) is 6.90. The van der Waals surface area contributed by atoms with Gasteiger partial charge in [-0.05, 0) is 18.2 Å². The van der Waals surface area contributed by atoms with E-state index in [9.17, 15) is 0 Å². The van der Waals surface area contributed by atoms with Crippen molar-refractivity contribution in [3.8, 4) is 0 Å². The van der Waals surface area contributed by atoms with Gasteiger partial charge in [0.15, 0.2) is 0 Å². The fraction of sp³-hybridized carbons (Fsp3) is 0.100. The molecular weight excluding hydrogens is 150 g/mol. The fourth-order valence-corrected chi connectivity index (χ4v) is 0.524. The average molecular weight is 163 g/mol. The minimum Gasteiger partial charge on any atom is -0.293 e. The van der Waals surface area contributed by atoms with Gasteiger partial charge < -0.3 is 0 Å². The van der Waals surface area contributed by atoms with Crippen LogP contribution in [0.15, 0.2) is 55.3 Å². The topological polar surface area (TPSA) is 35.2 Å². The summed E-state index contributed by atoms with van der Waals surface area (Å²) in [7, 11) is 0. The van der Waals surface area contributed by atoms with E-state index in [0.29, 0.717) is 0 Å². The maximum absolute atomic E-state index is 4.94. The van der Waals surface area contributed by atoms with Crippen molar-refractivity contribution in [2.45, 2.75) is 6.10 Å². The van der Waals surface area contributed by atoms with Gasteiger partial charge in [-0.1, -0.05) is 24.8 Å². The normalized spacial score (nSPS) is 11.8. The highest BCUT2D eigenvalue weighted by Gasteiger charge is 1.91. The quantitative estimate of drug-likeness (QED) is 0.291. The van der Waals surface area contributed by atoms with E-state index in [1.807, 2.05) is 0 Å². The Morgan fingerprint density at radius 2 is 2.08 bits per heavy atom. The highest BCUT2D eigenvalue weighted by atomic mass is 16.6. The largest absolute Gasteiger partial charge is 0.293 e. The summed E-state index contributed by atoms with van der Waals surface area (Å²) in [4.78, 5) is 4.52. The first-order chi connectivity index (χ1) is 5.85. The molecular formula is C10H13NO. The first kappa shape index (κ1) is 10.7. The lowest BCUT2D eigenvalue weighted by atomic mass is 10.3. The highest BCUT2D eigenvalue weighted by Crippen LogP contribution is 1.90. The fourth-order valence-electron chi connectivity index (χ4n) is 0.524. The molecule has 0 aliphatic heterocycles. The molecule has 1 unspecified atom stereocenters.